The second-order valence-electron chi connectivity index (χ2n) is 7.56. The SMILES string of the molecule is C[C@]12c3ccc(O)cc3OC(=O)[C@H]1[C@H]1C(=O)Oc3cc(O)ccc3[C@]12C. The molecule has 2 aromatic rings. The maximum absolute atomic E-state index is 12.7. The van der Waals surface area contributed by atoms with Gasteiger partial charge in [-0.05, 0) is 12.1 Å². The molecule has 2 N–H and O–H groups in total. The molecule has 0 amide bonds. The van der Waals surface area contributed by atoms with Crippen molar-refractivity contribution < 1.29 is 29.3 Å². The third-order valence-electron chi connectivity index (χ3n) is 6.63. The van der Waals surface area contributed by atoms with E-state index < -0.39 is 34.6 Å². The van der Waals surface area contributed by atoms with E-state index in [0.717, 1.165) is 11.1 Å². The number of phenolic OH excluding ortho intramolecular Hbond substituents is 2. The molecule has 2 aromatic carbocycles. The van der Waals surface area contributed by atoms with Crippen LogP contribution in [0.5, 0.6) is 23.0 Å². The van der Waals surface area contributed by atoms with Crippen molar-refractivity contribution in [1.29, 1.82) is 0 Å². The Labute approximate surface area is 149 Å². The highest BCUT2D eigenvalue weighted by Gasteiger charge is 2.77. The first-order valence-corrected chi connectivity index (χ1v) is 8.39. The molecule has 5 rings (SSSR count). The van der Waals surface area contributed by atoms with Crippen LogP contribution in [0.1, 0.15) is 25.0 Å². The molecule has 6 nitrogen and oxygen atoms in total. The Morgan fingerprint density at radius 3 is 1.54 bits per heavy atom. The molecule has 1 aliphatic carbocycles. The van der Waals surface area contributed by atoms with Gasteiger partial charge < -0.3 is 19.7 Å². The van der Waals surface area contributed by atoms with Crippen molar-refractivity contribution in [2.45, 2.75) is 24.7 Å². The topological polar surface area (TPSA) is 93.1 Å². The van der Waals surface area contributed by atoms with E-state index in [0.29, 0.717) is 11.5 Å². The van der Waals surface area contributed by atoms with Gasteiger partial charge in [0.05, 0.1) is 11.8 Å². The Balaban J connectivity index is 1.81. The van der Waals surface area contributed by atoms with Crippen LogP contribution in [-0.4, -0.2) is 22.2 Å². The first kappa shape index (κ1) is 15.3. The van der Waals surface area contributed by atoms with Crippen LogP contribution in [0.3, 0.4) is 0 Å². The fraction of sp³-hybridized carbons (Fsp3) is 0.300. The van der Waals surface area contributed by atoms with Crippen LogP contribution in [-0.2, 0) is 20.4 Å². The Kier molecular flexibility index (Phi) is 2.57. The van der Waals surface area contributed by atoms with Crippen molar-refractivity contribution >= 4 is 11.9 Å². The Bertz CT molecular complexity index is 930. The number of hydrogen-bond donors (Lipinski definition) is 2. The molecule has 0 bridgehead atoms. The first-order valence-electron chi connectivity index (χ1n) is 8.39. The van der Waals surface area contributed by atoms with E-state index in [1.54, 1.807) is 24.3 Å². The molecule has 3 aliphatic rings. The van der Waals surface area contributed by atoms with Gasteiger partial charge >= 0.3 is 11.9 Å². The van der Waals surface area contributed by atoms with Gasteiger partial charge in [0, 0.05) is 34.1 Å². The van der Waals surface area contributed by atoms with Gasteiger partial charge in [-0.3, -0.25) is 9.59 Å². The molecule has 1 saturated carbocycles. The van der Waals surface area contributed by atoms with Gasteiger partial charge in [0.15, 0.2) is 0 Å². The largest absolute Gasteiger partial charge is 0.508 e. The highest BCUT2D eigenvalue weighted by molar-refractivity contribution is 5.95. The number of carbonyl (C=O) groups is 2. The molecular formula is C20H16O6. The fourth-order valence-corrected chi connectivity index (χ4v) is 5.25. The van der Waals surface area contributed by atoms with Crippen LogP contribution in [0.4, 0.5) is 0 Å². The van der Waals surface area contributed by atoms with Crippen LogP contribution in [0.25, 0.3) is 0 Å². The molecule has 0 aromatic heterocycles. The highest BCUT2D eigenvalue weighted by atomic mass is 16.5. The van der Waals surface area contributed by atoms with Crippen LogP contribution < -0.4 is 9.47 Å². The third-order valence-corrected chi connectivity index (χ3v) is 6.63. The van der Waals surface area contributed by atoms with Crippen LogP contribution in [0.2, 0.25) is 0 Å². The van der Waals surface area contributed by atoms with Crippen LogP contribution in [0, 0.1) is 11.8 Å². The summed E-state index contributed by atoms with van der Waals surface area (Å²) in [5, 5.41) is 19.5. The zero-order chi connectivity index (χ0) is 18.4. The lowest BCUT2D eigenvalue weighted by Crippen LogP contribution is -2.75. The number of benzene rings is 2. The lowest BCUT2D eigenvalue weighted by Gasteiger charge is -2.67. The van der Waals surface area contributed by atoms with E-state index in [4.69, 9.17) is 9.47 Å². The zero-order valence-corrected chi connectivity index (χ0v) is 14.1. The molecule has 26 heavy (non-hydrogen) atoms. The van der Waals surface area contributed by atoms with Crippen molar-refractivity contribution in [2.24, 2.45) is 11.8 Å². The van der Waals surface area contributed by atoms with Gasteiger partial charge in [0.2, 0.25) is 0 Å². The quantitative estimate of drug-likeness (QED) is 0.559. The monoisotopic (exact) mass is 352 g/mol. The number of aromatic hydroxyl groups is 2. The Hall–Kier alpha value is -3.02. The van der Waals surface area contributed by atoms with Crippen molar-refractivity contribution in [3.05, 3.63) is 47.5 Å². The van der Waals surface area contributed by atoms with Gasteiger partial charge in [-0.1, -0.05) is 26.0 Å². The van der Waals surface area contributed by atoms with E-state index in [2.05, 4.69) is 0 Å². The lowest BCUT2D eigenvalue weighted by molar-refractivity contribution is -0.186. The smallest absolute Gasteiger partial charge is 0.316 e. The second kappa shape index (κ2) is 4.38. The molecule has 6 heteroatoms. The van der Waals surface area contributed by atoms with Crippen molar-refractivity contribution in [1.82, 2.24) is 0 Å². The number of hydrogen-bond acceptors (Lipinski definition) is 6. The van der Waals surface area contributed by atoms with Crippen molar-refractivity contribution in [3.63, 3.8) is 0 Å². The van der Waals surface area contributed by atoms with E-state index in [9.17, 15) is 19.8 Å². The molecule has 4 atom stereocenters. The lowest BCUT2D eigenvalue weighted by atomic mass is 9.34. The molecule has 2 aliphatic heterocycles. The Morgan fingerprint density at radius 2 is 1.15 bits per heavy atom. The maximum atomic E-state index is 12.7. The summed E-state index contributed by atoms with van der Waals surface area (Å²) in [5.74, 6) is -1.68. The zero-order valence-electron chi connectivity index (χ0n) is 14.1. The summed E-state index contributed by atoms with van der Waals surface area (Å²) in [6.45, 7) is 3.89. The van der Waals surface area contributed by atoms with Crippen LogP contribution >= 0.6 is 0 Å². The molecule has 0 radical (unpaired) electrons. The van der Waals surface area contributed by atoms with E-state index in [1.807, 2.05) is 13.8 Å². The minimum Gasteiger partial charge on any atom is -0.508 e. The minimum atomic E-state index is -0.707. The van der Waals surface area contributed by atoms with Crippen molar-refractivity contribution in [2.75, 3.05) is 0 Å². The average molecular weight is 352 g/mol. The predicted molar refractivity (Wildman–Crippen MR) is 89.2 cm³/mol. The van der Waals surface area contributed by atoms with Gasteiger partial charge in [-0.15, -0.1) is 0 Å². The maximum Gasteiger partial charge on any atom is 0.316 e. The van der Waals surface area contributed by atoms with Gasteiger partial charge in [-0.2, -0.15) is 0 Å². The summed E-state index contributed by atoms with van der Waals surface area (Å²) < 4.78 is 10.8. The molecule has 2 heterocycles. The average Bonchev–Trinajstić information content (AvgIpc) is 2.56. The summed E-state index contributed by atoms with van der Waals surface area (Å²) in [6.07, 6.45) is 0. The molecule has 0 saturated heterocycles. The van der Waals surface area contributed by atoms with E-state index in [1.165, 1.54) is 12.1 Å². The summed E-state index contributed by atoms with van der Waals surface area (Å²) in [5.41, 5.74) is 0.127. The fourth-order valence-electron chi connectivity index (χ4n) is 5.25. The van der Waals surface area contributed by atoms with Gasteiger partial charge in [0.25, 0.3) is 0 Å². The van der Waals surface area contributed by atoms with Gasteiger partial charge in [0.1, 0.15) is 23.0 Å². The molecule has 1 fully saturated rings. The Morgan fingerprint density at radius 1 is 0.769 bits per heavy atom. The molecule has 0 unspecified atom stereocenters. The normalized spacial score (nSPS) is 33.6. The second-order valence-corrected chi connectivity index (χ2v) is 7.56. The molecule has 132 valence electrons. The number of esters is 2. The highest BCUT2D eigenvalue weighted by Crippen LogP contribution is 2.71. The number of fused-ring (bicyclic) bond motifs is 8. The number of rotatable bonds is 0. The summed E-state index contributed by atoms with van der Waals surface area (Å²) in [4.78, 5) is 25.4. The summed E-state index contributed by atoms with van der Waals surface area (Å²) in [6, 6.07) is 9.43. The summed E-state index contributed by atoms with van der Waals surface area (Å²) >= 11 is 0. The number of ether oxygens (including phenoxy) is 2. The third kappa shape index (κ3) is 1.45. The standard InChI is InChI=1S/C20H16O6/c1-19-11-5-3-9(21)7-13(11)25-17(23)15(19)16-18(24)26-14-8-10(22)4-6-12(14)20(16,19)2/h3-8,15-16,21-22H,1-2H3/t15-,16+,19+,20-. The number of carbonyl (C=O) groups excluding carboxylic acids is 2. The van der Waals surface area contributed by atoms with Gasteiger partial charge in [-0.25, -0.2) is 0 Å². The summed E-state index contributed by atoms with van der Waals surface area (Å²) in [7, 11) is 0. The minimum absolute atomic E-state index is 0.00741. The predicted octanol–water partition coefficient (Wildman–Crippen LogP) is 2.40. The first-order chi connectivity index (χ1) is 12.3. The van der Waals surface area contributed by atoms with Crippen molar-refractivity contribution in [3.8, 4) is 23.0 Å². The van der Waals surface area contributed by atoms with E-state index >= 15 is 0 Å². The van der Waals surface area contributed by atoms with Crippen LogP contribution in [0.15, 0.2) is 36.4 Å². The number of phenols is 2. The van der Waals surface area contributed by atoms with E-state index in [-0.39, 0.29) is 11.5 Å². The molecule has 0 spiro atoms. The molecular weight excluding hydrogens is 336 g/mol.